The Hall–Kier alpha value is -0.400. The molecular formula is C9H10IN3S. The SMILES string of the molecule is Cn1ccc(C(N)c2csc(I)c2)n1. The van der Waals surface area contributed by atoms with Crippen molar-refractivity contribution in [2.24, 2.45) is 12.8 Å². The van der Waals surface area contributed by atoms with Crippen LogP contribution in [0.2, 0.25) is 0 Å². The number of thiophene rings is 1. The molecule has 1 unspecified atom stereocenters. The Kier molecular flexibility index (Phi) is 2.89. The van der Waals surface area contributed by atoms with Crippen LogP contribution in [0.3, 0.4) is 0 Å². The summed E-state index contributed by atoms with van der Waals surface area (Å²) in [6.45, 7) is 0. The lowest BCUT2D eigenvalue weighted by Gasteiger charge is -2.05. The Morgan fingerprint density at radius 3 is 2.93 bits per heavy atom. The van der Waals surface area contributed by atoms with Crippen LogP contribution in [-0.4, -0.2) is 9.78 Å². The highest BCUT2D eigenvalue weighted by Crippen LogP contribution is 2.24. The number of nitrogens with zero attached hydrogens (tertiary/aromatic N) is 2. The van der Waals surface area contributed by atoms with E-state index in [9.17, 15) is 0 Å². The van der Waals surface area contributed by atoms with Crippen LogP contribution in [-0.2, 0) is 7.05 Å². The molecule has 0 saturated carbocycles. The summed E-state index contributed by atoms with van der Waals surface area (Å²) >= 11 is 4.00. The number of halogens is 1. The number of nitrogens with two attached hydrogens (primary N) is 1. The standard InChI is InChI=1S/C9H10IN3S/c1-13-3-2-7(12-13)9(11)6-4-8(10)14-5-6/h2-5,9H,11H2,1H3. The Balaban J connectivity index is 2.28. The van der Waals surface area contributed by atoms with Gasteiger partial charge >= 0.3 is 0 Å². The molecule has 0 fully saturated rings. The van der Waals surface area contributed by atoms with Crippen LogP contribution < -0.4 is 5.73 Å². The van der Waals surface area contributed by atoms with Gasteiger partial charge < -0.3 is 5.73 Å². The predicted molar refractivity (Wildman–Crippen MR) is 66.3 cm³/mol. The first kappa shape index (κ1) is 10.1. The van der Waals surface area contributed by atoms with Crippen molar-refractivity contribution in [3.8, 4) is 0 Å². The van der Waals surface area contributed by atoms with Crippen LogP contribution in [0.1, 0.15) is 17.3 Å². The highest BCUT2D eigenvalue weighted by Gasteiger charge is 2.12. The molecule has 1 atom stereocenters. The summed E-state index contributed by atoms with van der Waals surface area (Å²) in [5.74, 6) is 0. The fourth-order valence-corrected chi connectivity index (χ4v) is 2.66. The molecule has 0 saturated heterocycles. The summed E-state index contributed by atoms with van der Waals surface area (Å²) in [5, 5.41) is 6.37. The van der Waals surface area contributed by atoms with E-state index in [4.69, 9.17) is 5.73 Å². The van der Waals surface area contributed by atoms with E-state index < -0.39 is 0 Å². The Bertz CT molecular complexity index is 394. The molecule has 5 heteroatoms. The van der Waals surface area contributed by atoms with Gasteiger partial charge in [0.25, 0.3) is 0 Å². The predicted octanol–water partition coefficient (Wildman–Crippen LogP) is 2.13. The van der Waals surface area contributed by atoms with E-state index in [-0.39, 0.29) is 6.04 Å². The second-order valence-corrected chi connectivity index (χ2v) is 5.88. The number of hydrogen-bond acceptors (Lipinski definition) is 3. The third-order valence-electron chi connectivity index (χ3n) is 2.00. The van der Waals surface area contributed by atoms with Gasteiger partial charge in [0.1, 0.15) is 0 Å². The van der Waals surface area contributed by atoms with E-state index >= 15 is 0 Å². The number of rotatable bonds is 2. The topological polar surface area (TPSA) is 43.8 Å². The molecule has 2 N–H and O–H groups in total. The quantitative estimate of drug-likeness (QED) is 0.862. The second-order valence-electron chi connectivity index (χ2n) is 3.08. The third-order valence-corrected chi connectivity index (χ3v) is 3.81. The van der Waals surface area contributed by atoms with Crippen molar-refractivity contribution < 1.29 is 0 Å². The van der Waals surface area contributed by atoms with Crippen molar-refractivity contribution in [3.63, 3.8) is 0 Å². The molecule has 2 aromatic heterocycles. The summed E-state index contributed by atoms with van der Waals surface area (Å²) in [7, 11) is 1.90. The monoisotopic (exact) mass is 319 g/mol. The normalized spacial score (nSPS) is 13.1. The van der Waals surface area contributed by atoms with Gasteiger partial charge in [-0.2, -0.15) is 5.10 Å². The molecule has 2 rings (SSSR count). The molecule has 0 bridgehead atoms. The molecule has 14 heavy (non-hydrogen) atoms. The van der Waals surface area contributed by atoms with Gasteiger partial charge in [-0.05, 0) is 45.7 Å². The Morgan fingerprint density at radius 1 is 1.64 bits per heavy atom. The summed E-state index contributed by atoms with van der Waals surface area (Å²) in [6, 6.07) is 3.95. The maximum atomic E-state index is 6.07. The van der Waals surface area contributed by atoms with E-state index in [1.54, 1.807) is 16.0 Å². The fourth-order valence-electron chi connectivity index (χ4n) is 1.26. The molecule has 0 aliphatic rings. The van der Waals surface area contributed by atoms with Gasteiger partial charge in [0.2, 0.25) is 0 Å². The number of hydrogen-bond donors (Lipinski definition) is 1. The fraction of sp³-hybridized carbons (Fsp3) is 0.222. The van der Waals surface area contributed by atoms with Crippen LogP contribution in [0.4, 0.5) is 0 Å². The minimum atomic E-state index is -0.101. The van der Waals surface area contributed by atoms with E-state index in [1.807, 2.05) is 19.3 Å². The van der Waals surface area contributed by atoms with Gasteiger partial charge in [-0.15, -0.1) is 11.3 Å². The van der Waals surface area contributed by atoms with Gasteiger partial charge in [0.05, 0.1) is 14.6 Å². The maximum Gasteiger partial charge on any atom is 0.0837 e. The van der Waals surface area contributed by atoms with Crippen molar-refractivity contribution in [1.82, 2.24) is 9.78 Å². The van der Waals surface area contributed by atoms with Gasteiger partial charge in [-0.25, -0.2) is 0 Å². The van der Waals surface area contributed by atoms with Crippen LogP contribution in [0.5, 0.6) is 0 Å². The largest absolute Gasteiger partial charge is 0.319 e. The number of aryl methyl sites for hydroxylation is 1. The molecule has 0 spiro atoms. The van der Waals surface area contributed by atoms with Gasteiger partial charge in [-0.3, -0.25) is 4.68 Å². The average molecular weight is 319 g/mol. The minimum Gasteiger partial charge on any atom is -0.319 e. The minimum absolute atomic E-state index is 0.101. The summed E-state index contributed by atoms with van der Waals surface area (Å²) in [6.07, 6.45) is 1.91. The molecule has 0 aliphatic carbocycles. The summed E-state index contributed by atoms with van der Waals surface area (Å²) < 4.78 is 3.02. The van der Waals surface area contributed by atoms with E-state index in [1.165, 1.54) is 2.88 Å². The molecule has 3 nitrogen and oxygen atoms in total. The second kappa shape index (κ2) is 4.00. The molecule has 2 aromatic rings. The third kappa shape index (κ3) is 1.99. The molecule has 0 aromatic carbocycles. The lowest BCUT2D eigenvalue weighted by molar-refractivity contribution is 0.716. The van der Waals surface area contributed by atoms with E-state index in [0.29, 0.717) is 0 Å². The van der Waals surface area contributed by atoms with Crippen LogP contribution in [0.15, 0.2) is 23.7 Å². The lowest BCUT2D eigenvalue weighted by Crippen LogP contribution is -2.11. The Morgan fingerprint density at radius 2 is 2.43 bits per heavy atom. The van der Waals surface area contributed by atoms with Crippen LogP contribution >= 0.6 is 33.9 Å². The number of aromatic nitrogens is 2. The summed E-state index contributed by atoms with van der Waals surface area (Å²) in [5.41, 5.74) is 8.13. The molecule has 0 amide bonds. The zero-order valence-electron chi connectivity index (χ0n) is 7.64. The first-order valence-corrected chi connectivity index (χ1v) is 6.11. The first-order chi connectivity index (χ1) is 6.66. The van der Waals surface area contributed by atoms with Gasteiger partial charge in [-0.1, -0.05) is 0 Å². The highest BCUT2D eigenvalue weighted by atomic mass is 127. The molecule has 0 aliphatic heterocycles. The smallest absolute Gasteiger partial charge is 0.0837 e. The molecule has 74 valence electrons. The average Bonchev–Trinajstić information content (AvgIpc) is 2.73. The Labute approximate surface area is 100 Å². The van der Waals surface area contributed by atoms with Crippen molar-refractivity contribution in [1.29, 1.82) is 0 Å². The molecular weight excluding hydrogens is 309 g/mol. The zero-order valence-corrected chi connectivity index (χ0v) is 10.6. The van der Waals surface area contributed by atoms with Crippen molar-refractivity contribution >= 4 is 33.9 Å². The van der Waals surface area contributed by atoms with Crippen LogP contribution in [0, 0.1) is 2.88 Å². The van der Waals surface area contributed by atoms with E-state index in [0.717, 1.165) is 11.3 Å². The lowest BCUT2D eigenvalue weighted by atomic mass is 10.1. The van der Waals surface area contributed by atoms with Crippen molar-refractivity contribution in [2.75, 3.05) is 0 Å². The van der Waals surface area contributed by atoms with Gasteiger partial charge in [0, 0.05) is 13.2 Å². The maximum absolute atomic E-state index is 6.07. The van der Waals surface area contributed by atoms with Gasteiger partial charge in [0.15, 0.2) is 0 Å². The first-order valence-electron chi connectivity index (χ1n) is 4.16. The highest BCUT2D eigenvalue weighted by molar-refractivity contribution is 14.1. The molecule has 0 radical (unpaired) electrons. The van der Waals surface area contributed by atoms with Crippen molar-refractivity contribution in [2.45, 2.75) is 6.04 Å². The van der Waals surface area contributed by atoms with Crippen molar-refractivity contribution in [3.05, 3.63) is 37.9 Å². The van der Waals surface area contributed by atoms with E-state index in [2.05, 4.69) is 39.1 Å². The molecule has 2 heterocycles. The summed E-state index contributed by atoms with van der Waals surface area (Å²) in [4.78, 5) is 0. The van der Waals surface area contributed by atoms with Crippen LogP contribution in [0.25, 0.3) is 0 Å². The zero-order chi connectivity index (χ0) is 10.1.